The fraction of sp³-hybridized carbons (Fsp3) is 0. The van der Waals surface area contributed by atoms with Crippen LogP contribution in [0.15, 0.2) is 174 Å². The fourth-order valence-corrected chi connectivity index (χ4v) is 6.34. The van der Waals surface area contributed by atoms with Crippen molar-refractivity contribution in [2.75, 3.05) is 0 Å². The van der Waals surface area contributed by atoms with Gasteiger partial charge in [0.1, 0.15) is 11.2 Å². The Balaban J connectivity index is 1.56. The van der Waals surface area contributed by atoms with E-state index in [2.05, 4.69) is 0 Å². The molecule has 0 amide bonds. The van der Waals surface area contributed by atoms with E-state index in [0.717, 1.165) is 5.39 Å². The van der Waals surface area contributed by atoms with Crippen LogP contribution in [0.5, 0.6) is 0 Å². The van der Waals surface area contributed by atoms with Crippen LogP contribution in [0.4, 0.5) is 0 Å². The highest BCUT2D eigenvalue weighted by Gasteiger charge is 2.21. The van der Waals surface area contributed by atoms with Crippen LogP contribution in [0, 0.1) is 0 Å². The van der Waals surface area contributed by atoms with Gasteiger partial charge in [-0.15, -0.1) is 0 Å². The Morgan fingerprint density at radius 1 is 0.383 bits per heavy atom. The molecular weight excluding hydrogens is 569 g/mol. The number of hydrogen-bond acceptors (Lipinski definition) is 1. The zero-order chi connectivity index (χ0) is 49.2. The summed E-state index contributed by atoms with van der Waals surface area (Å²) in [6.07, 6.45) is 0. The van der Waals surface area contributed by atoms with Gasteiger partial charge in [0.15, 0.2) is 0 Å². The molecule has 1 aromatic heterocycles. The third-order valence-electron chi connectivity index (χ3n) is 8.32. The van der Waals surface area contributed by atoms with E-state index in [9.17, 15) is 12.3 Å². The Kier molecular flexibility index (Phi) is 2.79. The average molecular weight is 618 g/mol. The van der Waals surface area contributed by atoms with Gasteiger partial charge in [0, 0.05) is 10.8 Å². The SMILES string of the molecule is [2H]c1c(-c2cccc3ccccc23)c([2H])c2c(oc3c([2H])c([2H])c([2H])c(-c4c5c([2H])c([2H])c([2H])c([2H])c5c(-c5c([2H])c([2H])c([2H])c6c([2H])c([2H])c([2H])c([2H])c56)c5c([2H])c([2H])c([2H])c([2H])c45)c32)c1[2H]. The van der Waals surface area contributed by atoms with Gasteiger partial charge in [-0.2, -0.15) is 0 Å². The molecule has 0 fully saturated rings. The average Bonchev–Trinajstić information content (AvgIpc) is 3.73. The number of fused-ring (bicyclic) bond motifs is 7. The van der Waals surface area contributed by atoms with Crippen molar-refractivity contribution < 1.29 is 33.2 Å². The lowest BCUT2D eigenvalue weighted by molar-refractivity contribution is 0.669. The van der Waals surface area contributed by atoms with E-state index in [1.807, 2.05) is 12.1 Å². The first-order chi connectivity index (χ1) is 32.1. The second-order valence-electron chi connectivity index (χ2n) is 10.8. The van der Waals surface area contributed by atoms with Crippen molar-refractivity contribution in [2.24, 2.45) is 0 Å². The van der Waals surface area contributed by atoms with Crippen LogP contribution in [0.25, 0.3) is 98.4 Å². The van der Waals surface area contributed by atoms with Gasteiger partial charge >= 0.3 is 0 Å². The largest absolute Gasteiger partial charge is 0.456 e. The van der Waals surface area contributed by atoms with Crippen LogP contribution in [0.2, 0.25) is 0 Å². The van der Waals surface area contributed by atoms with E-state index < -0.39 is 193 Å². The van der Waals surface area contributed by atoms with Gasteiger partial charge in [-0.1, -0.05) is 151 Å². The van der Waals surface area contributed by atoms with Crippen molar-refractivity contribution in [3.8, 4) is 33.4 Å². The molecule has 0 unspecified atom stereocenters. The predicted molar refractivity (Wildman–Crippen MR) is 200 cm³/mol. The molecule has 9 aromatic carbocycles. The van der Waals surface area contributed by atoms with Crippen molar-refractivity contribution in [1.29, 1.82) is 0 Å². The lowest BCUT2D eigenvalue weighted by Crippen LogP contribution is -1.92. The number of benzene rings is 9. The number of rotatable bonds is 3. The third-order valence-corrected chi connectivity index (χ3v) is 8.32. The van der Waals surface area contributed by atoms with E-state index >= 15 is 0 Å². The van der Waals surface area contributed by atoms with Crippen molar-refractivity contribution >= 4 is 65.0 Å². The van der Waals surface area contributed by atoms with Crippen molar-refractivity contribution in [3.63, 3.8) is 0 Å². The second kappa shape index (κ2) is 10.2. The van der Waals surface area contributed by atoms with Gasteiger partial charge in [-0.25, -0.2) is 0 Å². The summed E-state index contributed by atoms with van der Waals surface area (Å²) in [7, 11) is 0. The Morgan fingerprint density at radius 3 is 1.79 bits per heavy atom. The summed E-state index contributed by atoms with van der Waals surface area (Å²) >= 11 is 0. The van der Waals surface area contributed by atoms with E-state index in [-0.39, 0.29) is 16.3 Å². The summed E-state index contributed by atoms with van der Waals surface area (Å²) < 4.78 is 198. The summed E-state index contributed by atoms with van der Waals surface area (Å²) in [5.74, 6) is 0. The molecule has 0 aliphatic carbocycles. The summed E-state index contributed by atoms with van der Waals surface area (Å²) in [6.45, 7) is 0. The van der Waals surface area contributed by atoms with E-state index in [0.29, 0.717) is 10.9 Å². The van der Waals surface area contributed by atoms with Crippen molar-refractivity contribution in [1.82, 2.24) is 0 Å². The molecule has 0 N–H and O–H groups in total. The van der Waals surface area contributed by atoms with Crippen LogP contribution in [-0.4, -0.2) is 0 Å². The van der Waals surface area contributed by atoms with Crippen LogP contribution in [0.3, 0.4) is 0 Å². The molecule has 1 heteroatoms. The molecule has 10 aromatic rings. The second-order valence-corrected chi connectivity index (χ2v) is 10.8. The summed E-state index contributed by atoms with van der Waals surface area (Å²) in [5.41, 5.74) is -2.94. The van der Waals surface area contributed by atoms with Crippen LogP contribution in [-0.2, 0) is 0 Å². The van der Waals surface area contributed by atoms with Gasteiger partial charge in [0.05, 0.1) is 28.8 Å². The molecular formula is C46H28O. The summed E-state index contributed by atoms with van der Waals surface area (Å²) in [5, 5.41) is -2.82. The Labute approximate surface area is 301 Å². The zero-order valence-corrected chi connectivity index (χ0v) is 23.9. The fourth-order valence-electron chi connectivity index (χ4n) is 6.34. The van der Waals surface area contributed by atoms with Crippen LogP contribution in [0.1, 0.15) is 28.8 Å². The molecule has 0 radical (unpaired) electrons. The molecule has 0 bridgehead atoms. The smallest absolute Gasteiger partial charge is 0.136 e. The summed E-state index contributed by atoms with van der Waals surface area (Å²) in [6, 6.07) is -4.60. The lowest BCUT2D eigenvalue weighted by Gasteiger charge is -2.19. The highest BCUT2D eigenvalue weighted by Crippen LogP contribution is 2.48. The normalized spacial score (nSPS) is 18.1. The first-order valence-electron chi connectivity index (χ1n) is 25.0. The molecule has 218 valence electrons. The number of hydrogen-bond donors (Lipinski definition) is 0. The molecule has 0 saturated heterocycles. The number of furan rings is 1. The molecule has 1 heterocycles. The summed E-state index contributed by atoms with van der Waals surface area (Å²) in [4.78, 5) is 0. The third kappa shape index (κ3) is 3.90. The van der Waals surface area contributed by atoms with E-state index in [1.54, 1.807) is 30.3 Å². The van der Waals surface area contributed by atoms with Gasteiger partial charge in [-0.05, 0) is 94.6 Å². The standard InChI is InChI=1S/C46H28O/c1-3-16-32-29(12-1)14-9-22-34(32)31-26-27-42-41(28-31)46-40(24-11-25-43(46)47-42)45-38-20-7-5-18-36(38)44(37-19-6-8-21-39(37)45)35-23-10-15-30-13-2-4-17-33(30)35/h1-28H/i2D,4D,5D,6D,7D,8D,10D,11D,13D,15D,17D,18D,19D,20D,21D,23D,24D,25D,26D,27D,28D. The highest BCUT2D eigenvalue weighted by atomic mass is 16.3. The van der Waals surface area contributed by atoms with Crippen LogP contribution >= 0.6 is 0 Å². The first-order valence-corrected chi connectivity index (χ1v) is 14.5. The van der Waals surface area contributed by atoms with Gasteiger partial charge in [0.2, 0.25) is 0 Å². The molecule has 47 heavy (non-hydrogen) atoms. The van der Waals surface area contributed by atoms with Gasteiger partial charge < -0.3 is 4.42 Å². The van der Waals surface area contributed by atoms with E-state index in [4.69, 9.17) is 20.9 Å². The van der Waals surface area contributed by atoms with Crippen molar-refractivity contribution in [3.05, 3.63) is 169 Å². The minimum absolute atomic E-state index is 0.0710. The Bertz CT molecular complexity index is 3950. The lowest BCUT2D eigenvalue weighted by atomic mass is 9.84. The molecule has 0 aliphatic heterocycles. The molecule has 0 atom stereocenters. The molecule has 1 nitrogen and oxygen atoms in total. The molecule has 0 saturated carbocycles. The van der Waals surface area contributed by atoms with E-state index in [1.165, 1.54) is 0 Å². The maximum Gasteiger partial charge on any atom is 0.136 e. The maximum absolute atomic E-state index is 9.81. The Morgan fingerprint density at radius 2 is 1.00 bits per heavy atom. The maximum atomic E-state index is 9.81. The quantitative estimate of drug-likeness (QED) is 0.180. The molecule has 10 rings (SSSR count). The topological polar surface area (TPSA) is 13.1 Å². The van der Waals surface area contributed by atoms with Gasteiger partial charge in [-0.3, -0.25) is 0 Å². The zero-order valence-electron chi connectivity index (χ0n) is 44.9. The van der Waals surface area contributed by atoms with Crippen molar-refractivity contribution in [2.45, 2.75) is 0 Å². The molecule has 0 spiro atoms. The minimum atomic E-state index is -0.904. The minimum Gasteiger partial charge on any atom is -0.456 e. The Hall–Kier alpha value is -6.18. The first kappa shape index (κ1) is 12.9. The predicted octanol–water partition coefficient (Wildman–Crippen LogP) is 13.2. The van der Waals surface area contributed by atoms with Gasteiger partial charge in [0.25, 0.3) is 0 Å². The van der Waals surface area contributed by atoms with Crippen LogP contribution < -0.4 is 0 Å². The molecule has 0 aliphatic rings. The monoisotopic (exact) mass is 617 g/mol. The highest BCUT2D eigenvalue weighted by molar-refractivity contribution is 6.27.